The SMILES string of the molecule is C/C(=N/Nc1cnnc(Cl)c1Cl)c1ccccc1O. The van der Waals surface area contributed by atoms with Gasteiger partial charge in [0.15, 0.2) is 5.15 Å². The molecule has 0 unspecified atom stereocenters. The number of nitrogens with one attached hydrogen (secondary N) is 1. The fraction of sp³-hybridized carbons (Fsp3) is 0.0833. The highest BCUT2D eigenvalue weighted by molar-refractivity contribution is 6.42. The largest absolute Gasteiger partial charge is 0.507 e. The summed E-state index contributed by atoms with van der Waals surface area (Å²) in [5.41, 5.74) is 4.40. The van der Waals surface area contributed by atoms with Crippen molar-refractivity contribution in [2.24, 2.45) is 5.10 Å². The van der Waals surface area contributed by atoms with Crippen LogP contribution in [0.25, 0.3) is 0 Å². The molecule has 0 aliphatic heterocycles. The number of para-hydroxylation sites is 1. The monoisotopic (exact) mass is 296 g/mol. The van der Waals surface area contributed by atoms with E-state index in [1.165, 1.54) is 6.20 Å². The molecule has 0 aliphatic carbocycles. The van der Waals surface area contributed by atoms with Crippen molar-refractivity contribution in [1.29, 1.82) is 0 Å². The quantitative estimate of drug-likeness (QED) is 0.673. The lowest BCUT2D eigenvalue weighted by atomic mass is 10.1. The topological polar surface area (TPSA) is 70.4 Å². The van der Waals surface area contributed by atoms with Crippen molar-refractivity contribution in [2.45, 2.75) is 6.92 Å². The van der Waals surface area contributed by atoms with Crippen molar-refractivity contribution in [2.75, 3.05) is 5.43 Å². The Morgan fingerprint density at radius 2 is 2.05 bits per heavy atom. The fourth-order valence-corrected chi connectivity index (χ4v) is 1.69. The summed E-state index contributed by atoms with van der Waals surface area (Å²) >= 11 is 11.7. The van der Waals surface area contributed by atoms with Crippen LogP contribution < -0.4 is 5.43 Å². The number of hydrogen-bond acceptors (Lipinski definition) is 5. The first kappa shape index (κ1) is 13.6. The van der Waals surface area contributed by atoms with E-state index in [0.29, 0.717) is 17.0 Å². The molecule has 19 heavy (non-hydrogen) atoms. The van der Waals surface area contributed by atoms with Gasteiger partial charge < -0.3 is 5.11 Å². The molecule has 2 aromatic rings. The van der Waals surface area contributed by atoms with Crippen LogP contribution in [0.1, 0.15) is 12.5 Å². The molecular formula is C12H10Cl2N4O. The molecule has 0 amide bonds. The van der Waals surface area contributed by atoms with Crippen LogP contribution in [0.5, 0.6) is 5.75 Å². The molecule has 2 N–H and O–H groups in total. The first-order valence-electron chi connectivity index (χ1n) is 5.35. The lowest BCUT2D eigenvalue weighted by Crippen LogP contribution is -2.01. The molecule has 1 heterocycles. The van der Waals surface area contributed by atoms with Crippen LogP contribution >= 0.6 is 23.2 Å². The molecule has 0 fully saturated rings. The van der Waals surface area contributed by atoms with Gasteiger partial charge in [0.25, 0.3) is 0 Å². The van der Waals surface area contributed by atoms with Crippen LogP contribution in [0.4, 0.5) is 5.69 Å². The summed E-state index contributed by atoms with van der Waals surface area (Å²) in [4.78, 5) is 0. The average molecular weight is 297 g/mol. The molecule has 5 nitrogen and oxygen atoms in total. The number of aromatic hydroxyl groups is 1. The maximum atomic E-state index is 9.70. The van der Waals surface area contributed by atoms with Crippen molar-refractivity contribution in [3.8, 4) is 5.75 Å². The number of rotatable bonds is 3. The standard InChI is InChI=1S/C12H10Cl2N4O/c1-7(8-4-2-3-5-10(8)19)16-17-9-6-15-18-12(14)11(9)13/h2-6,19H,1H3,(H,17,18)/b16-7-. The summed E-state index contributed by atoms with van der Waals surface area (Å²) in [6, 6.07) is 6.90. The Balaban J connectivity index is 2.23. The smallest absolute Gasteiger partial charge is 0.172 e. The van der Waals surface area contributed by atoms with Crippen LogP contribution in [0.3, 0.4) is 0 Å². The number of anilines is 1. The van der Waals surface area contributed by atoms with E-state index in [1.54, 1.807) is 25.1 Å². The molecule has 0 saturated heterocycles. The third-order valence-corrected chi connectivity index (χ3v) is 3.13. The zero-order valence-corrected chi connectivity index (χ0v) is 11.4. The predicted octanol–water partition coefficient (Wildman–Crippen LogP) is 3.33. The zero-order valence-electron chi connectivity index (χ0n) is 9.93. The lowest BCUT2D eigenvalue weighted by Gasteiger charge is -2.06. The number of hydrogen-bond donors (Lipinski definition) is 2. The molecule has 0 bridgehead atoms. The van der Waals surface area contributed by atoms with E-state index in [2.05, 4.69) is 20.7 Å². The van der Waals surface area contributed by atoms with Gasteiger partial charge in [0.1, 0.15) is 10.8 Å². The van der Waals surface area contributed by atoms with Crippen molar-refractivity contribution in [1.82, 2.24) is 10.2 Å². The second kappa shape index (κ2) is 5.86. The minimum absolute atomic E-state index is 0.0991. The summed E-state index contributed by atoms with van der Waals surface area (Å²) in [6.07, 6.45) is 1.41. The van der Waals surface area contributed by atoms with Gasteiger partial charge in [-0.3, -0.25) is 5.43 Å². The van der Waals surface area contributed by atoms with Crippen LogP contribution in [0.15, 0.2) is 35.6 Å². The maximum absolute atomic E-state index is 9.70. The average Bonchev–Trinajstić information content (AvgIpc) is 2.40. The van der Waals surface area contributed by atoms with Gasteiger partial charge in [-0.05, 0) is 19.1 Å². The van der Waals surface area contributed by atoms with E-state index >= 15 is 0 Å². The highest BCUT2D eigenvalue weighted by Gasteiger charge is 2.07. The molecule has 0 radical (unpaired) electrons. The van der Waals surface area contributed by atoms with Gasteiger partial charge in [-0.1, -0.05) is 35.3 Å². The second-order valence-electron chi connectivity index (χ2n) is 3.69. The van der Waals surface area contributed by atoms with E-state index in [9.17, 15) is 5.11 Å². The lowest BCUT2D eigenvalue weighted by molar-refractivity contribution is 0.474. The molecule has 0 saturated carbocycles. The van der Waals surface area contributed by atoms with E-state index in [4.69, 9.17) is 23.2 Å². The summed E-state index contributed by atoms with van der Waals surface area (Å²) in [6.45, 7) is 1.76. The van der Waals surface area contributed by atoms with Gasteiger partial charge in [-0.25, -0.2) is 0 Å². The molecule has 0 aliphatic rings. The predicted molar refractivity (Wildman–Crippen MR) is 76.0 cm³/mol. The molecule has 0 atom stereocenters. The van der Waals surface area contributed by atoms with Gasteiger partial charge >= 0.3 is 0 Å². The summed E-state index contributed by atoms with van der Waals surface area (Å²) in [5.74, 6) is 0.155. The van der Waals surface area contributed by atoms with Crippen LogP contribution in [-0.4, -0.2) is 21.0 Å². The molecule has 2 rings (SSSR count). The molecule has 0 spiro atoms. The Hall–Kier alpha value is -1.85. The number of nitrogens with zero attached hydrogens (tertiary/aromatic N) is 3. The third-order valence-electron chi connectivity index (χ3n) is 2.39. The number of hydrazone groups is 1. The maximum Gasteiger partial charge on any atom is 0.172 e. The van der Waals surface area contributed by atoms with Gasteiger partial charge in [0.2, 0.25) is 0 Å². The van der Waals surface area contributed by atoms with Gasteiger partial charge in [0.05, 0.1) is 17.6 Å². The van der Waals surface area contributed by atoms with Gasteiger partial charge in [-0.15, -0.1) is 5.10 Å². The van der Waals surface area contributed by atoms with Crippen LogP contribution in [-0.2, 0) is 0 Å². The Bertz CT molecular complexity index is 631. The minimum atomic E-state index is 0.0991. The van der Waals surface area contributed by atoms with Crippen LogP contribution in [0, 0.1) is 0 Å². The Morgan fingerprint density at radius 3 is 2.79 bits per heavy atom. The van der Waals surface area contributed by atoms with Crippen LogP contribution in [0.2, 0.25) is 10.2 Å². The number of phenolic OH excluding ortho intramolecular Hbond substituents is 1. The Kier molecular flexibility index (Phi) is 4.19. The van der Waals surface area contributed by atoms with E-state index in [-0.39, 0.29) is 15.9 Å². The highest BCUT2D eigenvalue weighted by Crippen LogP contribution is 2.26. The summed E-state index contributed by atoms with van der Waals surface area (Å²) in [5, 5.41) is 21.4. The molecular weight excluding hydrogens is 287 g/mol. The first-order valence-corrected chi connectivity index (χ1v) is 6.10. The molecule has 98 valence electrons. The first-order chi connectivity index (χ1) is 9.09. The summed E-state index contributed by atoms with van der Waals surface area (Å²) in [7, 11) is 0. The Morgan fingerprint density at radius 1 is 1.32 bits per heavy atom. The van der Waals surface area contributed by atoms with Crippen molar-refractivity contribution < 1.29 is 5.11 Å². The Labute approximate surface area is 119 Å². The number of aromatic nitrogens is 2. The fourth-order valence-electron chi connectivity index (χ4n) is 1.41. The van der Waals surface area contributed by atoms with Crippen molar-refractivity contribution in [3.05, 3.63) is 46.2 Å². The van der Waals surface area contributed by atoms with Gasteiger partial charge in [0, 0.05) is 5.56 Å². The number of benzene rings is 1. The highest BCUT2D eigenvalue weighted by atomic mass is 35.5. The van der Waals surface area contributed by atoms with Gasteiger partial charge in [-0.2, -0.15) is 10.2 Å². The van der Waals surface area contributed by atoms with Crippen molar-refractivity contribution >= 4 is 34.6 Å². The third kappa shape index (κ3) is 3.13. The second-order valence-corrected chi connectivity index (χ2v) is 4.43. The zero-order chi connectivity index (χ0) is 13.8. The molecule has 1 aromatic heterocycles. The van der Waals surface area contributed by atoms with E-state index in [1.807, 2.05) is 6.07 Å². The number of halogens is 2. The normalized spacial score (nSPS) is 11.4. The van der Waals surface area contributed by atoms with E-state index in [0.717, 1.165) is 0 Å². The minimum Gasteiger partial charge on any atom is -0.507 e. The van der Waals surface area contributed by atoms with Crippen molar-refractivity contribution in [3.63, 3.8) is 0 Å². The molecule has 1 aromatic carbocycles. The molecule has 7 heteroatoms. The summed E-state index contributed by atoms with van der Waals surface area (Å²) < 4.78 is 0. The van der Waals surface area contributed by atoms with E-state index < -0.39 is 0 Å². The number of phenols is 1.